The van der Waals surface area contributed by atoms with E-state index in [0.717, 1.165) is 0 Å². The number of benzene rings is 1. The standard InChI is InChI=1S/C19H27NO3/c1-12(2)7-14-11-20-6-5-13-8-18(22-3)19(23-4)9-15(13)16(20)10-17(14)21/h8-9,12,14,16H,5-7,10-11H2,1-4H3/i5D2,6D2,16D. The zero-order valence-electron chi connectivity index (χ0n) is 19.1. The van der Waals surface area contributed by atoms with E-state index in [2.05, 4.69) is 0 Å². The fraction of sp³-hybridized carbons (Fsp3) is 0.632. The molecule has 2 aliphatic heterocycles. The summed E-state index contributed by atoms with van der Waals surface area (Å²) in [6.07, 6.45) is -2.00. The molecule has 0 bridgehead atoms. The number of carbonyl (C=O) groups excluding carboxylic acids is 1. The summed E-state index contributed by atoms with van der Waals surface area (Å²) in [5, 5.41) is 0. The predicted octanol–water partition coefficient (Wildman–Crippen LogP) is 3.24. The summed E-state index contributed by atoms with van der Waals surface area (Å²) < 4.78 is 54.0. The van der Waals surface area contributed by atoms with Crippen LogP contribution in [0.5, 0.6) is 11.5 Å². The number of methoxy groups -OCH3 is 2. The lowest BCUT2D eigenvalue weighted by atomic mass is 9.80. The minimum Gasteiger partial charge on any atom is -0.493 e. The summed E-state index contributed by atoms with van der Waals surface area (Å²) in [7, 11) is 2.86. The predicted molar refractivity (Wildman–Crippen MR) is 90.1 cm³/mol. The lowest BCUT2D eigenvalue weighted by Crippen LogP contribution is -2.46. The number of Topliss-reactive ketones (excluding diaryl/α,β-unsaturated/α-hetero) is 1. The van der Waals surface area contributed by atoms with E-state index >= 15 is 0 Å². The van der Waals surface area contributed by atoms with Gasteiger partial charge in [0.05, 0.1) is 15.6 Å². The van der Waals surface area contributed by atoms with Crippen molar-refractivity contribution in [1.82, 2.24) is 4.90 Å². The molecule has 1 fully saturated rings. The summed E-state index contributed by atoms with van der Waals surface area (Å²) in [6.45, 7) is 1.54. The quantitative estimate of drug-likeness (QED) is 0.853. The molecule has 0 radical (unpaired) electrons. The van der Waals surface area contributed by atoms with E-state index in [1.807, 2.05) is 13.8 Å². The van der Waals surface area contributed by atoms with Gasteiger partial charge in [-0.05, 0) is 42.0 Å². The molecule has 4 nitrogen and oxygen atoms in total. The van der Waals surface area contributed by atoms with Gasteiger partial charge in [0.15, 0.2) is 11.5 Å². The Hall–Kier alpha value is -1.55. The molecule has 2 aliphatic rings. The number of aryl methyl sites for hydroxylation is 1. The fourth-order valence-corrected chi connectivity index (χ4v) is 3.31. The largest absolute Gasteiger partial charge is 0.493 e. The highest BCUT2D eigenvalue weighted by Gasteiger charge is 2.38. The van der Waals surface area contributed by atoms with E-state index in [-0.39, 0.29) is 41.5 Å². The monoisotopic (exact) mass is 322 g/mol. The Morgan fingerprint density at radius 3 is 2.70 bits per heavy atom. The van der Waals surface area contributed by atoms with Crippen LogP contribution in [0.2, 0.25) is 0 Å². The highest BCUT2D eigenvalue weighted by atomic mass is 16.5. The average molecular weight is 322 g/mol. The van der Waals surface area contributed by atoms with Gasteiger partial charge in [0.2, 0.25) is 0 Å². The van der Waals surface area contributed by atoms with E-state index in [1.165, 1.54) is 31.3 Å². The Bertz CT molecular complexity index is 798. The second-order valence-electron chi connectivity index (χ2n) is 6.52. The van der Waals surface area contributed by atoms with Crippen molar-refractivity contribution >= 4 is 5.78 Å². The lowest BCUT2D eigenvalue weighted by molar-refractivity contribution is -0.129. The third kappa shape index (κ3) is 3.09. The molecule has 3 rings (SSSR count). The molecule has 126 valence electrons. The molecule has 4 heteroatoms. The van der Waals surface area contributed by atoms with Crippen molar-refractivity contribution in [3.8, 4) is 11.5 Å². The number of hydrogen-bond donors (Lipinski definition) is 0. The van der Waals surface area contributed by atoms with Crippen molar-refractivity contribution in [3.05, 3.63) is 23.3 Å². The first kappa shape index (κ1) is 11.1. The van der Waals surface area contributed by atoms with Crippen molar-refractivity contribution in [1.29, 1.82) is 0 Å². The normalized spacial score (nSPS) is 35.1. The molecule has 0 saturated carbocycles. The van der Waals surface area contributed by atoms with Crippen LogP contribution in [0.25, 0.3) is 0 Å². The third-order valence-corrected chi connectivity index (χ3v) is 4.44. The van der Waals surface area contributed by atoms with Crippen molar-refractivity contribution in [2.24, 2.45) is 11.8 Å². The van der Waals surface area contributed by atoms with Crippen LogP contribution in [0, 0.1) is 11.8 Å². The molecule has 1 aromatic carbocycles. The molecular formula is C19H27NO3. The Kier molecular flexibility index (Phi) is 3.14. The van der Waals surface area contributed by atoms with Crippen LogP contribution in [0.3, 0.4) is 0 Å². The number of rotatable bonds is 4. The van der Waals surface area contributed by atoms with Crippen LogP contribution >= 0.6 is 0 Å². The Labute approximate surface area is 145 Å². The maximum absolute atomic E-state index is 12.8. The summed E-state index contributed by atoms with van der Waals surface area (Å²) in [6, 6.07) is 1.20. The highest BCUT2D eigenvalue weighted by molar-refractivity contribution is 5.83. The molecule has 23 heavy (non-hydrogen) atoms. The van der Waals surface area contributed by atoms with Gasteiger partial charge in [-0.1, -0.05) is 13.8 Å². The molecule has 0 aromatic heterocycles. The maximum atomic E-state index is 12.8. The number of carbonyl (C=O) groups is 1. The maximum Gasteiger partial charge on any atom is 0.161 e. The molecule has 2 heterocycles. The second kappa shape index (κ2) is 6.52. The summed E-state index contributed by atoms with van der Waals surface area (Å²) >= 11 is 0. The van der Waals surface area contributed by atoms with Gasteiger partial charge in [-0.3, -0.25) is 9.69 Å². The number of ether oxygens (including phenoxy) is 2. The van der Waals surface area contributed by atoms with Crippen molar-refractivity contribution < 1.29 is 21.1 Å². The number of nitrogens with zero attached hydrogens (tertiary/aromatic N) is 1. The zero-order chi connectivity index (χ0) is 21.1. The Morgan fingerprint density at radius 2 is 2.04 bits per heavy atom. The second-order valence-corrected chi connectivity index (χ2v) is 6.52. The van der Waals surface area contributed by atoms with E-state index < -0.39 is 24.8 Å². The van der Waals surface area contributed by atoms with Gasteiger partial charge in [-0.15, -0.1) is 0 Å². The minimum absolute atomic E-state index is 0.0147. The minimum atomic E-state index is -2.46. The van der Waals surface area contributed by atoms with Crippen LogP contribution in [0.4, 0.5) is 0 Å². The van der Waals surface area contributed by atoms with Crippen molar-refractivity contribution in [2.45, 2.75) is 39.1 Å². The molecule has 2 atom stereocenters. The first-order valence-corrected chi connectivity index (χ1v) is 7.97. The lowest BCUT2D eigenvalue weighted by Gasteiger charge is -2.43. The van der Waals surface area contributed by atoms with Crippen LogP contribution in [-0.4, -0.2) is 37.9 Å². The number of hydrogen-bond acceptors (Lipinski definition) is 4. The molecule has 0 amide bonds. The van der Waals surface area contributed by atoms with Crippen LogP contribution in [0.1, 0.15) is 50.7 Å². The van der Waals surface area contributed by atoms with Crippen LogP contribution in [-0.2, 0) is 11.2 Å². The first-order chi connectivity index (χ1) is 12.9. The summed E-state index contributed by atoms with van der Waals surface area (Å²) in [5.74, 6) is 0.335. The van der Waals surface area contributed by atoms with E-state index in [0.29, 0.717) is 12.2 Å². The van der Waals surface area contributed by atoms with Gasteiger partial charge in [-0.2, -0.15) is 0 Å². The first-order valence-electron chi connectivity index (χ1n) is 10.5. The molecule has 0 N–H and O–H groups in total. The van der Waals surface area contributed by atoms with Crippen LogP contribution in [0.15, 0.2) is 12.1 Å². The van der Waals surface area contributed by atoms with Gasteiger partial charge in [0, 0.05) is 36.9 Å². The van der Waals surface area contributed by atoms with Crippen molar-refractivity contribution in [3.63, 3.8) is 0 Å². The molecule has 1 saturated heterocycles. The third-order valence-electron chi connectivity index (χ3n) is 4.44. The van der Waals surface area contributed by atoms with E-state index in [1.54, 1.807) is 0 Å². The number of piperidine rings is 1. The zero-order valence-corrected chi connectivity index (χ0v) is 14.1. The molecule has 0 spiro atoms. The van der Waals surface area contributed by atoms with Crippen molar-refractivity contribution in [2.75, 3.05) is 27.3 Å². The highest BCUT2D eigenvalue weighted by Crippen LogP contribution is 2.42. The smallest absolute Gasteiger partial charge is 0.161 e. The molecular weight excluding hydrogens is 290 g/mol. The summed E-state index contributed by atoms with van der Waals surface area (Å²) in [4.78, 5) is 14.1. The topological polar surface area (TPSA) is 38.8 Å². The molecule has 2 unspecified atom stereocenters. The van der Waals surface area contributed by atoms with Gasteiger partial charge >= 0.3 is 0 Å². The van der Waals surface area contributed by atoms with E-state index in [9.17, 15) is 4.79 Å². The van der Waals surface area contributed by atoms with Gasteiger partial charge in [0.1, 0.15) is 5.78 Å². The van der Waals surface area contributed by atoms with Gasteiger partial charge in [0.25, 0.3) is 0 Å². The number of ketones is 1. The van der Waals surface area contributed by atoms with E-state index in [4.69, 9.17) is 16.3 Å². The Morgan fingerprint density at radius 1 is 1.35 bits per heavy atom. The van der Waals surface area contributed by atoms with Gasteiger partial charge in [-0.25, -0.2) is 0 Å². The van der Waals surface area contributed by atoms with Crippen LogP contribution < -0.4 is 9.47 Å². The SMILES string of the molecule is [2H]C12CC(=O)C(CC(C)C)CN1C([2H])([2H])C([2H])([2H])c1cc(OC)c(OC)cc12. The Balaban J connectivity index is 2.22. The van der Waals surface area contributed by atoms with Gasteiger partial charge < -0.3 is 9.47 Å². The average Bonchev–Trinajstić information content (AvgIpc) is 2.61. The molecule has 1 aromatic rings. The summed E-state index contributed by atoms with van der Waals surface area (Å²) in [5.41, 5.74) is 0.276. The molecule has 0 aliphatic carbocycles. The number of fused-ring (bicyclic) bond motifs is 3. The fourth-order valence-electron chi connectivity index (χ4n) is 3.31.